The van der Waals surface area contributed by atoms with Crippen LogP contribution in [0.25, 0.3) is 0 Å². The lowest BCUT2D eigenvalue weighted by Gasteiger charge is -2.14. The average Bonchev–Trinajstić information content (AvgIpc) is 2.94. The maximum atomic E-state index is 12.2. The first-order valence-electron chi connectivity index (χ1n) is 7.05. The van der Waals surface area contributed by atoms with Crippen molar-refractivity contribution in [1.82, 2.24) is 20.1 Å². The Labute approximate surface area is 139 Å². The molecule has 22 heavy (non-hydrogen) atoms. The van der Waals surface area contributed by atoms with Crippen LogP contribution in [-0.2, 0) is 11.3 Å². The standard InChI is InChI=1S/C15H19ClN4OS/c1-10(2)20-9-18-19-15(20)22-11(3)14(21)17-8-12-4-6-13(16)7-5-12/h4-7,9-11H,8H2,1-3H3,(H,17,21). The zero-order chi connectivity index (χ0) is 16.1. The molecule has 0 spiro atoms. The number of rotatable bonds is 6. The summed E-state index contributed by atoms with van der Waals surface area (Å²) in [6.45, 7) is 6.45. The number of carbonyl (C=O) groups is 1. The molecule has 1 aromatic carbocycles. The van der Waals surface area contributed by atoms with Crippen molar-refractivity contribution in [3.05, 3.63) is 41.2 Å². The fourth-order valence-electron chi connectivity index (χ4n) is 1.82. The second-order valence-corrected chi connectivity index (χ2v) is 6.96. The zero-order valence-electron chi connectivity index (χ0n) is 12.8. The summed E-state index contributed by atoms with van der Waals surface area (Å²) in [5, 5.41) is 12.1. The van der Waals surface area contributed by atoms with E-state index in [0.717, 1.165) is 10.7 Å². The van der Waals surface area contributed by atoms with E-state index in [1.54, 1.807) is 6.33 Å². The second kappa shape index (κ2) is 7.65. The van der Waals surface area contributed by atoms with Gasteiger partial charge in [-0.2, -0.15) is 0 Å². The molecule has 5 nitrogen and oxygen atoms in total. The largest absolute Gasteiger partial charge is 0.351 e. The van der Waals surface area contributed by atoms with Gasteiger partial charge in [-0.3, -0.25) is 4.79 Å². The molecule has 1 aromatic heterocycles. The van der Waals surface area contributed by atoms with Gasteiger partial charge in [0, 0.05) is 17.6 Å². The quantitative estimate of drug-likeness (QED) is 0.821. The third-order valence-corrected chi connectivity index (χ3v) is 4.45. The minimum atomic E-state index is -0.242. The molecule has 1 N–H and O–H groups in total. The molecule has 1 atom stereocenters. The van der Waals surface area contributed by atoms with Gasteiger partial charge in [-0.25, -0.2) is 0 Å². The SMILES string of the molecule is CC(Sc1nncn1C(C)C)C(=O)NCc1ccc(Cl)cc1. The number of nitrogens with one attached hydrogen (secondary N) is 1. The first-order chi connectivity index (χ1) is 10.5. The Morgan fingerprint density at radius 3 is 2.64 bits per heavy atom. The summed E-state index contributed by atoms with van der Waals surface area (Å²) in [7, 11) is 0. The number of thioether (sulfide) groups is 1. The summed E-state index contributed by atoms with van der Waals surface area (Å²) in [4.78, 5) is 12.2. The van der Waals surface area contributed by atoms with Crippen LogP contribution in [0.5, 0.6) is 0 Å². The van der Waals surface area contributed by atoms with E-state index in [2.05, 4.69) is 29.4 Å². The van der Waals surface area contributed by atoms with E-state index in [-0.39, 0.29) is 17.2 Å². The zero-order valence-corrected chi connectivity index (χ0v) is 14.4. The Hall–Kier alpha value is -1.53. The molecule has 2 rings (SSSR count). The monoisotopic (exact) mass is 338 g/mol. The van der Waals surface area contributed by atoms with Gasteiger partial charge in [0.15, 0.2) is 5.16 Å². The van der Waals surface area contributed by atoms with Gasteiger partial charge >= 0.3 is 0 Å². The maximum Gasteiger partial charge on any atom is 0.233 e. The number of nitrogens with zero attached hydrogens (tertiary/aromatic N) is 3. The van der Waals surface area contributed by atoms with Crippen molar-refractivity contribution in [2.24, 2.45) is 0 Å². The minimum Gasteiger partial charge on any atom is -0.351 e. The highest BCUT2D eigenvalue weighted by Crippen LogP contribution is 2.23. The molecule has 0 bridgehead atoms. The lowest BCUT2D eigenvalue weighted by molar-refractivity contribution is -0.120. The van der Waals surface area contributed by atoms with Crippen LogP contribution < -0.4 is 5.32 Å². The van der Waals surface area contributed by atoms with Crippen molar-refractivity contribution in [2.45, 2.75) is 43.8 Å². The predicted molar refractivity (Wildman–Crippen MR) is 89.0 cm³/mol. The first kappa shape index (κ1) is 16.8. The van der Waals surface area contributed by atoms with Crippen LogP contribution >= 0.6 is 23.4 Å². The number of amides is 1. The number of hydrogen-bond acceptors (Lipinski definition) is 4. The molecule has 1 heterocycles. The number of halogens is 1. The number of hydrogen-bond donors (Lipinski definition) is 1. The van der Waals surface area contributed by atoms with Crippen molar-refractivity contribution in [2.75, 3.05) is 0 Å². The smallest absolute Gasteiger partial charge is 0.233 e. The number of benzene rings is 1. The van der Waals surface area contributed by atoms with Crippen LogP contribution in [0.3, 0.4) is 0 Å². The van der Waals surface area contributed by atoms with Crippen LogP contribution in [0.2, 0.25) is 5.02 Å². The molecule has 7 heteroatoms. The van der Waals surface area contributed by atoms with E-state index in [4.69, 9.17) is 11.6 Å². The van der Waals surface area contributed by atoms with Crippen LogP contribution in [0.15, 0.2) is 35.7 Å². The van der Waals surface area contributed by atoms with E-state index < -0.39 is 0 Å². The van der Waals surface area contributed by atoms with Gasteiger partial charge in [0.25, 0.3) is 0 Å². The van der Waals surface area contributed by atoms with Crippen LogP contribution in [0.1, 0.15) is 32.4 Å². The van der Waals surface area contributed by atoms with Crippen LogP contribution in [0, 0.1) is 0 Å². The Bertz CT molecular complexity index is 627. The van der Waals surface area contributed by atoms with Gasteiger partial charge in [-0.15, -0.1) is 10.2 Å². The Balaban J connectivity index is 1.89. The predicted octanol–water partition coefficient (Wildman–Crippen LogP) is 3.31. The molecule has 1 amide bonds. The molecule has 2 aromatic rings. The lowest BCUT2D eigenvalue weighted by atomic mass is 10.2. The van der Waals surface area contributed by atoms with Crippen molar-refractivity contribution >= 4 is 29.3 Å². The molecule has 0 saturated heterocycles. The van der Waals surface area contributed by atoms with Gasteiger partial charge in [0.2, 0.25) is 5.91 Å². The topological polar surface area (TPSA) is 59.8 Å². The molecule has 0 aliphatic carbocycles. The average molecular weight is 339 g/mol. The van der Waals surface area contributed by atoms with E-state index in [1.165, 1.54) is 11.8 Å². The molecule has 0 aliphatic rings. The summed E-state index contributed by atoms with van der Waals surface area (Å²) in [5.74, 6) is -0.0294. The molecule has 0 fully saturated rings. The van der Waals surface area contributed by atoms with Crippen molar-refractivity contribution in [1.29, 1.82) is 0 Å². The summed E-state index contributed by atoms with van der Waals surface area (Å²) in [5.41, 5.74) is 1.01. The Morgan fingerprint density at radius 1 is 1.32 bits per heavy atom. The molecule has 1 unspecified atom stereocenters. The third kappa shape index (κ3) is 4.48. The highest BCUT2D eigenvalue weighted by Gasteiger charge is 2.18. The number of carbonyl (C=O) groups excluding carboxylic acids is 1. The summed E-state index contributed by atoms with van der Waals surface area (Å²) in [6.07, 6.45) is 1.69. The molecule has 0 aliphatic heterocycles. The van der Waals surface area contributed by atoms with Gasteiger partial charge in [-0.05, 0) is 38.5 Å². The highest BCUT2D eigenvalue weighted by molar-refractivity contribution is 8.00. The summed E-state index contributed by atoms with van der Waals surface area (Å²) >= 11 is 7.25. The molecular weight excluding hydrogens is 320 g/mol. The van der Waals surface area contributed by atoms with Gasteiger partial charge in [-0.1, -0.05) is 35.5 Å². The maximum absolute atomic E-state index is 12.2. The second-order valence-electron chi connectivity index (χ2n) is 5.22. The highest BCUT2D eigenvalue weighted by atomic mass is 35.5. The van der Waals surface area contributed by atoms with E-state index in [0.29, 0.717) is 11.6 Å². The normalized spacial score (nSPS) is 12.4. The van der Waals surface area contributed by atoms with E-state index in [1.807, 2.05) is 35.8 Å². The van der Waals surface area contributed by atoms with Crippen molar-refractivity contribution in [3.63, 3.8) is 0 Å². The minimum absolute atomic E-state index is 0.0294. The summed E-state index contributed by atoms with van der Waals surface area (Å²) in [6, 6.07) is 7.69. The molecule has 0 saturated carbocycles. The molecular formula is C15H19ClN4OS. The fraction of sp³-hybridized carbons (Fsp3) is 0.400. The third-order valence-electron chi connectivity index (χ3n) is 3.13. The molecule has 118 valence electrons. The van der Waals surface area contributed by atoms with Crippen molar-refractivity contribution < 1.29 is 4.79 Å². The first-order valence-corrected chi connectivity index (χ1v) is 8.31. The number of aromatic nitrogens is 3. The Morgan fingerprint density at radius 2 is 2.00 bits per heavy atom. The Kier molecular flexibility index (Phi) is 5.85. The van der Waals surface area contributed by atoms with Crippen molar-refractivity contribution in [3.8, 4) is 0 Å². The van der Waals surface area contributed by atoms with Gasteiger partial charge in [0.05, 0.1) is 5.25 Å². The van der Waals surface area contributed by atoms with Crippen LogP contribution in [-0.4, -0.2) is 25.9 Å². The summed E-state index contributed by atoms with van der Waals surface area (Å²) < 4.78 is 1.95. The fourth-order valence-corrected chi connectivity index (χ4v) is 2.92. The lowest BCUT2D eigenvalue weighted by Crippen LogP contribution is -2.30. The van der Waals surface area contributed by atoms with Crippen LogP contribution in [0.4, 0.5) is 0 Å². The van der Waals surface area contributed by atoms with E-state index in [9.17, 15) is 4.79 Å². The molecule has 0 radical (unpaired) electrons. The van der Waals surface area contributed by atoms with Gasteiger partial charge < -0.3 is 9.88 Å². The van der Waals surface area contributed by atoms with Gasteiger partial charge in [0.1, 0.15) is 6.33 Å². The van der Waals surface area contributed by atoms with E-state index >= 15 is 0 Å².